The van der Waals surface area contributed by atoms with Crippen LogP contribution in [0.1, 0.15) is 41.9 Å². The fraction of sp³-hybridized carbons (Fsp3) is 0.250. The molecule has 1 aliphatic heterocycles. The Labute approximate surface area is 165 Å². The van der Waals surface area contributed by atoms with E-state index in [1.807, 2.05) is 6.07 Å². The lowest BCUT2D eigenvalue weighted by molar-refractivity contribution is -0.385. The summed E-state index contributed by atoms with van der Waals surface area (Å²) in [5.41, 5.74) is 1.58. The molecule has 0 bridgehead atoms. The molecule has 0 unspecified atom stereocenters. The summed E-state index contributed by atoms with van der Waals surface area (Å²) < 4.78 is 7.08. The number of rotatable bonds is 3. The number of carbonyl (C=O) groups excluding carboxylic acids is 1. The van der Waals surface area contributed by atoms with Crippen molar-refractivity contribution in [1.82, 2.24) is 14.8 Å². The minimum atomic E-state index is -0.700. The Morgan fingerprint density at radius 2 is 2.07 bits per heavy atom. The molecule has 1 N–H and O–H groups in total. The fourth-order valence-electron chi connectivity index (χ4n) is 4.22. The van der Waals surface area contributed by atoms with Crippen LogP contribution < -0.4 is 5.32 Å². The molecule has 2 aliphatic rings. The first kappa shape index (κ1) is 17.4. The number of furan rings is 1. The average molecular weight is 391 g/mol. The van der Waals surface area contributed by atoms with Crippen molar-refractivity contribution < 1.29 is 14.1 Å². The number of hydrogen-bond acceptors (Lipinski definition) is 7. The van der Waals surface area contributed by atoms with Gasteiger partial charge in [-0.1, -0.05) is 12.1 Å². The van der Waals surface area contributed by atoms with Gasteiger partial charge in [-0.3, -0.25) is 14.9 Å². The number of nitrogens with one attached hydrogen (secondary N) is 1. The number of hydrogen-bond donors (Lipinski definition) is 1. The third-order valence-corrected chi connectivity index (χ3v) is 5.40. The van der Waals surface area contributed by atoms with Gasteiger partial charge in [-0.25, -0.2) is 4.68 Å². The van der Waals surface area contributed by atoms with Crippen LogP contribution in [0.3, 0.4) is 0 Å². The van der Waals surface area contributed by atoms with E-state index in [1.54, 1.807) is 42.1 Å². The lowest BCUT2D eigenvalue weighted by Gasteiger charge is -2.34. The second-order valence-corrected chi connectivity index (χ2v) is 7.21. The summed E-state index contributed by atoms with van der Waals surface area (Å²) in [6, 6.07) is 9.42. The molecule has 0 fully saturated rings. The van der Waals surface area contributed by atoms with E-state index in [0.717, 1.165) is 5.76 Å². The predicted octanol–water partition coefficient (Wildman–Crippen LogP) is 3.50. The minimum absolute atomic E-state index is 0.0497. The van der Waals surface area contributed by atoms with E-state index >= 15 is 0 Å². The minimum Gasteiger partial charge on any atom is -0.469 e. The Kier molecular flexibility index (Phi) is 3.83. The molecule has 9 heteroatoms. The maximum absolute atomic E-state index is 13.2. The van der Waals surface area contributed by atoms with Crippen molar-refractivity contribution in [2.24, 2.45) is 0 Å². The molecule has 1 aromatic carbocycles. The smallest absolute Gasteiger partial charge is 0.275 e. The highest BCUT2D eigenvalue weighted by Crippen LogP contribution is 2.45. The summed E-state index contributed by atoms with van der Waals surface area (Å²) in [6.07, 6.45) is 2.42. The van der Waals surface area contributed by atoms with Gasteiger partial charge in [0.1, 0.15) is 17.6 Å². The Morgan fingerprint density at radius 3 is 2.83 bits per heavy atom. The Hall–Kier alpha value is -3.75. The number of benzene rings is 1. The molecule has 0 radical (unpaired) electrons. The molecule has 0 saturated heterocycles. The van der Waals surface area contributed by atoms with Crippen LogP contribution in [0.25, 0.3) is 0 Å². The van der Waals surface area contributed by atoms with E-state index in [9.17, 15) is 14.9 Å². The molecule has 1 aliphatic carbocycles. The number of ketones is 1. The number of Topliss-reactive ketones (excluding diaryl/α,β-unsaturated/α-hetero) is 1. The van der Waals surface area contributed by atoms with Gasteiger partial charge in [-0.2, -0.15) is 10.1 Å². The molecule has 0 spiro atoms. The van der Waals surface area contributed by atoms with Crippen LogP contribution in [0.5, 0.6) is 0 Å². The Morgan fingerprint density at radius 1 is 1.24 bits per heavy atom. The van der Waals surface area contributed by atoms with Crippen molar-refractivity contribution in [3.05, 3.63) is 81.2 Å². The molecule has 0 saturated carbocycles. The van der Waals surface area contributed by atoms with E-state index < -0.39 is 11.0 Å². The van der Waals surface area contributed by atoms with Gasteiger partial charge in [0.2, 0.25) is 5.95 Å². The van der Waals surface area contributed by atoms with Gasteiger partial charge < -0.3 is 9.73 Å². The second kappa shape index (κ2) is 6.40. The van der Waals surface area contributed by atoms with E-state index in [2.05, 4.69) is 15.4 Å². The largest absolute Gasteiger partial charge is 0.469 e. The molecule has 3 aromatic rings. The topological polar surface area (TPSA) is 116 Å². The Balaban J connectivity index is 1.68. The number of aromatic nitrogens is 3. The fourth-order valence-corrected chi connectivity index (χ4v) is 4.22. The molecular weight excluding hydrogens is 374 g/mol. The number of nitrogens with zero attached hydrogens (tertiary/aromatic N) is 4. The highest BCUT2D eigenvalue weighted by molar-refractivity contribution is 6.00. The summed E-state index contributed by atoms with van der Waals surface area (Å²) in [7, 11) is 0. The molecule has 29 heavy (non-hydrogen) atoms. The van der Waals surface area contributed by atoms with Crippen LogP contribution in [0.15, 0.2) is 58.3 Å². The maximum Gasteiger partial charge on any atom is 0.275 e. The van der Waals surface area contributed by atoms with Crippen molar-refractivity contribution in [3.63, 3.8) is 0 Å². The van der Waals surface area contributed by atoms with Crippen molar-refractivity contribution in [1.29, 1.82) is 0 Å². The van der Waals surface area contributed by atoms with Gasteiger partial charge >= 0.3 is 0 Å². The van der Waals surface area contributed by atoms with Crippen molar-refractivity contribution in [2.45, 2.75) is 31.7 Å². The monoisotopic (exact) mass is 391 g/mol. The molecule has 0 amide bonds. The van der Waals surface area contributed by atoms with Crippen LogP contribution >= 0.6 is 0 Å². The van der Waals surface area contributed by atoms with Crippen molar-refractivity contribution >= 4 is 17.4 Å². The molecule has 2 aromatic heterocycles. The summed E-state index contributed by atoms with van der Waals surface area (Å²) in [5, 5.41) is 19.3. The molecule has 2 atom stereocenters. The zero-order chi connectivity index (χ0) is 20.1. The first-order chi connectivity index (χ1) is 14.0. The lowest BCUT2D eigenvalue weighted by Crippen LogP contribution is -2.33. The average Bonchev–Trinajstić information content (AvgIpc) is 3.35. The molecular formula is C20H17N5O4. The van der Waals surface area contributed by atoms with Crippen LogP contribution in [0.2, 0.25) is 0 Å². The predicted molar refractivity (Wildman–Crippen MR) is 102 cm³/mol. The quantitative estimate of drug-likeness (QED) is 0.536. The van der Waals surface area contributed by atoms with Crippen LogP contribution in [-0.2, 0) is 4.79 Å². The first-order valence-electron chi connectivity index (χ1n) is 9.26. The molecule has 3 heterocycles. The first-order valence-corrected chi connectivity index (χ1v) is 9.26. The summed E-state index contributed by atoms with van der Waals surface area (Å²) >= 11 is 0. The van der Waals surface area contributed by atoms with Gasteiger partial charge in [0.25, 0.3) is 5.69 Å². The number of nitro benzene ring substituents is 1. The van der Waals surface area contributed by atoms with Crippen molar-refractivity contribution in [3.8, 4) is 0 Å². The summed E-state index contributed by atoms with van der Waals surface area (Å²) in [6.45, 7) is 1.75. The zero-order valence-corrected chi connectivity index (χ0v) is 15.5. The van der Waals surface area contributed by atoms with E-state index in [0.29, 0.717) is 35.0 Å². The maximum atomic E-state index is 13.2. The number of nitro groups is 1. The van der Waals surface area contributed by atoms with Crippen LogP contribution in [0.4, 0.5) is 11.6 Å². The number of anilines is 1. The highest BCUT2D eigenvalue weighted by Gasteiger charge is 2.42. The third kappa shape index (κ3) is 2.74. The number of para-hydroxylation sites is 1. The van der Waals surface area contributed by atoms with Crippen LogP contribution in [-0.4, -0.2) is 25.5 Å². The Bertz CT molecular complexity index is 1160. The normalized spacial score (nSPS) is 20.8. The SMILES string of the molecule is Cc1nc2n(n1)[C@@H](c1ccccc1[N+](=O)[O-])C1=C(C[C@H](c3ccco3)CC1=O)N2. The lowest BCUT2D eigenvalue weighted by atomic mass is 9.79. The third-order valence-electron chi connectivity index (χ3n) is 5.40. The van der Waals surface area contributed by atoms with E-state index in [4.69, 9.17) is 4.42 Å². The van der Waals surface area contributed by atoms with Crippen molar-refractivity contribution in [2.75, 3.05) is 5.32 Å². The zero-order valence-electron chi connectivity index (χ0n) is 15.5. The molecule has 9 nitrogen and oxygen atoms in total. The van der Waals surface area contributed by atoms with Crippen LogP contribution in [0, 0.1) is 17.0 Å². The summed E-state index contributed by atoms with van der Waals surface area (Å²) in [5.74, 6) is 1.56. The van der Waals surface area contributed by atoms with Gasteiger partial charge in [-0.15, -0.1) is 0 Å². The molecule has 146 valence electrons. The number of allylic oxidation sites excluding steroid dienone is 2. The van der Waals surface area contributed by atoms with Gasteiger partial charge in [-0.05, 0) is 31.5 Å². The highest BCUT2D eigenvalue weighted by atomic mass is 16.6. The second-order valence-electron chi connectivity index (χ2n) is 7.21. The number of carbonyl (C=O) groups is 1. The van der Waals surface area contributed by atoms with Gasteiger partial charge in [0.05, 0.1) is 16.7 Å². The van der Waals surface area contributed by atoms with E-state index in [1.165, 1.54) is 6.07 Å². The van der Waals surface area contributed by atoms with Gasteiger partial charge in [0.15, 0.2) is 5.78 Å². The standard InChI is InChI=1S/C20H17N5O4/c1-11-21-20-22-14-9-12(17-7-4-8-29-17)10-16(26)18(14)19(24(20)23-11)13-5-2-3-6-15(13)25(27)28/h2-8,12,19H,9-10H2,1H3,(H,21,22,23)/t12-,19-/m0/s1. The number of fused-ring (bicyclic) bond motifs is 1. The summed E-state index contributed by atoms with van der Waals surface area (Å²) in [4.78, 5) is 28.9. The molecule has 5 rings (SSSR count). The van der Waals surface area contributed by atoms with Gasteiger partial charge in [0, 0.05) is 29.7 Å². The number of aryl methyl sites for hydroxylation is 1. The van der Waals surface area contributed by atoms with E-state index in [-0.39, 0.29) is 23.8 Å².